The average molecular weight is 456 g/mol. The molecular formula is C20H19Cl2NO7. The molecule has 1 heterocycles. The predicted molar refractivity (Wildman–Crippen MR) is 109 cm³/mol. The minimum Gasteiger partial charge on any atom is -0.462 e. The number of amides is 1. The van der Waals surface area contributed by atoms with Crippen LogP contribution in [-0.4, -0.2) is 36.8 Å². The van der Waals surface area contributed by atoms with Gasteiger partial charge in [0.1, 0.15) is 11.3 Å². The molecule has 1 aromatic carbocycles. The lowest BCUT2D eigenvalue weighted by atomic mass is 10.1. The van der Waals surface area contributed by atoms with Gasteiger partial charge >= 0.3 is 11.9 Å². The van der Waals surface area contributed by atoms with E-state index < -0.39 is 30.2 Å². The SMILES string of the molecule is CCOC(=O)c1c(NC(=O)COC(=O)Cc2c(Cl)cccc2Cl)oc(C)c1C(C)=O. The van der Waals surface area contributed by atoms with Gasteiger partial charge in [0.25, 0.3) is 5.91 Å². The molecule has 0 radical (unpaired) electrons. The fourth-order valence-electron chi connectivity index (χ4n) is 2.66. The first kappa shape index (κ1) is 23.4. The van der Waals surface area contributed by atoms with Gasteiger partial charge in [-0.3, -0.25) is 19.7 Å². The van der Waals surface area contributed by atoms with Gasteiger partial charge in [0.15, 0.2) is 12.4 Å². The number of ketones is 1. The maximum atomic E-state index is 12.2. The Hall–Kier alpha value is -2.84. The number of hydrogen-bond donors (Lipinski definition) is 1. The van der Waals surface area contributed by atoms with Crippen LogP contribution in [0.15, 0.2) is 22.6 Å². The number of benzene rings is 1. The normalized spacial score (nSPS) is 10.4. The third-order valence-electron chi connectivity index (χ3n) is 3.92. The van der Waals surface area contributed by atoms with E-state index in [9.17, 15) is 19.2 Å². The van der Waals surface area contributed by atoms with E-state index in [2.05, 4.69) is 5.32 Å². The van der Waals surface area contributed by atoms with Crippen molar-refractivity contribution in [3.05, 3.63) is 50.7 Å². The van der Waals surface area contributed by atoms with E-state index in [-0.39, 0.29) is 35.8 Å². The summed E-state index contributed by atoms with van der Waals surface area (Å²) >= 11 is 12.0. The second-order valence-electron chi connectivity index (χ2n) is 6.10. The zero-order chi connectivity index (χ0) is 22.4. The summed E-state index contributed by atoms with van der Waals surface area (Å²) < 4.78 is 15.2. The molecule has 0 aliphatic rings. The number of rotatable bonds is 8. The van der Waals surface area contributed by atoms with Crippen molar-refractivity contribution >= 4 is 52.7 Å². The average Bonchev–Trinajstić information content (AvgIpc) is 2.99. The highest BCUT2D eigenvalue weighted by Gasteiger charge is 2.29. The Kier molecular flexibility index (Phi) is 8.02. The highest BCUT2D eigenvalue weighted by atomic mass is 35.5. The number of esters is 2. The van der Waals surface area contributed by atoms with Gasteiger partial charge in [-0.25, -0.2) is 4.79 Å². The molecule has 0 bridgehead atoms. The number of carbonyl (C=O) groups excluding carboxylic acids is 4. The number of furan rings is 1. The smallest absolute Gasteiger partial charge is 0.344 e. The number of Topliss-reactive ketones (excluding diaryl/α,β-unsaturated/α-hetero) is 1. The number of aryl methyl sites for hydroxylation is 1. The second-order valence-corrected chi connectivity index (χ2v) is 6.91. The summed E-state index contributed by atoms with van der Waals surface area (Å²) in [5.74, 6) is -2.87. The number of hydrogen-bond acceptors (Lipinski definition) is 7. The topological polar surface area (TPSA) is 112 Å². The molecule has 2 aromatic rings. The van der Waals surface area contributed by atoms with Gasteiger partial charge in [0, 0.05) is 15.6 Å². The molecule has 160 valence electrons. The fourth-order valence-corrected chi connectivity index (χ4v) is 3.19. The van der Waals surface area contributed by atoms with Crippen molar-refractivity contribution in [3.8, 4) is 0 Å². The number of ether oxygens (including phenoxy) is 2. The van der Waals surface area contributed by atoms with Crippen LogP contribution >= 0.6 is 23.2 Å². The van der Waals surface area contributed by atoms with E-state index in [1.807, 2.05) is 0 Å². The molecule has 8 nitrogen and oxygen atoms in total. The van der Waals surface area contributed by atoms with E-state index in [1.54, 1.807) is 25.1 Å². The number of carbonyl (C=O) groups is 4. The van der Waals surface area contributed by atoms with Crippen molar-refractivity contribution in [1.82, 2.24) is 0 Å². The number of anilines is 1. The van der Waals surface area contributed by atoms with Crippen molar-refractivity contribution in [1.29, 1.82) is 0 Å². The lowest BCUT2D eigenvalue weighted by Gasteiger charge is -2.08. The summed E-state index contributed by atoms with van der Waals surface area (Å²) in [6.07, 6.45) is -0.228. The quantitative estimate of drug-likeness (QED) is 0.472. The van der Waals surface area contributed by atoms with E-state index >= 15 is 0 Å². The molecule has 0 aliphatic carbocycles. The van der Waals surface area contributed by atoms with Crippen LogP contribution in [0.3, 0.4) is 0 Å². The molecule has 0 aliphatic heterocycles. The Morgan fingerprint density at radius 1 is 1.07 bits per heavy atom. The first-order valence-corrected chi connectivity index (χ1v) is 9.61. The molecule has 0 saturated carbocycles. The molecule has 0 saturated heterocycles. The first-order chi connectivity index (χ1) is 14.1. The first-order valence-electron chi connectivity index (χ1n) is 8.85. The molecule has 1 aromatic heterocycles. The summed E-state index contributed by atoms with van der Waals surface area (Å²) in [5, 5.41) is 2.91. The Labute approximate surface area is 182 Å². The van der Waals surface area contributed by atoms with Crippen molar-refractivity contribution in [2.24, 2.45) is 0 Å². The van der Waals surface area contributed by atoms with Crippen molar-refractivity contribution < 1.29 is 33.1 Å². The van der Waals surface area contributed by atoms with Crippen molar-refractivity contribution in [2.75, 3.05) is 18.5 Å². The van der Waals surface area contributed by atoms with Crippen molar-refractivity contribution in [3.63, 3.8) is 0 Å². The number of nitrogens with one attached hydrogen (secondary N) is 1. The minimum absolute atomic E-state index is 0.00843. The highest BCUT2D eigenvalue weighted by molar-refractivity contribution is 6.36. The maximum Gasteiger partial charge on any atom is 0.344 e. The van der Waals surface area contributed by atoms with E-state index in [0.29, 0.717) is 15.6 Å². The molecule has 0 fully saturated rings. The van der Waals surface area contributed by atoms with Gasteiger partial charge in [-0.05, 0) is 32.9 Å². The molecule has 30 heavy (non-hydrogen) atoms. The summed E-state index contributed by atoms with van der Waals surface area (Å²) in [5.41, 5.74) is 0.196. The summed E-state index contributed by atoms with van der Waals surface area (Å²) in [6.45, 7) is 3.74. The Balaban J connectivity index is 2.07. The molecule has 2 rings (SSSR count). The lowest BCUT2D eigenvalue weighted by Crippen LogP contribution is -2.23. The Bertz CT molecular complexity index is 977. The monoisotopic (exact) mass is 455 g/mol. The third-order valence-corrected chi connectivity index (χ3v) is 4.62. The van der Waals surface area contributed by atoms with E-state index in [0.717, 1.165) is 0 Å². The van der Waals surface area contributed by atoms with Crippen LogP contribution in [0, 0.1) is 6.92 Å². The third kappa shape index (κ3) is 5.61. The molecule has 1 amide bonds. The fraction of sp³-hybridized carbons (Fsp3) is 0.300. The van der Waals surface area contributed by atoms with Gasteiger partial charge in [-0.15, -0.1) is 0 Å². The molecule has 0 atom stereocenters. The summed E-state index contributed by atoms with van der Waals surface area (Å²) in [7, 11) is 0. The Morgan fingerprint density at radius 2 is 1.70 bits per heavy atom. The molecular weight excluding hydrogens is 437 g/mol. The minimum atomic E-state index is -0.819. The van der Waals surface area contributed by atoms with Crippen LogP contribution in [-0.2, 0) is 25.5 Å². The van der Waals surface area contributed by atoms with Gasteiger partial charge in [-0.1, -0.05) is 29.3 Å². The maximum absolute atomic E-state index is 12.2. The molecule has 0 spiro atoms. The van der Waals surface area contributed by atoms with E-state index in [1.165, 1.54) is 13.8 Å². The largest absolute Gasteiger partial charge is 0.462 e. The zero-order valence-electron chi connectivity index (χ0n) is 16.5. The lowest BCUT2D eigenvalue weighted by molar-refractivity contribution is -0.146. The standard InChI is InChI=1S/C20H19Cl2NO7/c1-4-28-20(27)18-17(10(2)24)11(3)30-19(18)23-15(25)9-29-16(26)8-12-13(21)6-5-7-14(12)22/h5-7H,4,8-9H2,1-3H3,(H,23,25). The van der Waals surface area contributed by atoms with Gasteiger partial charge < -0.3 is 13.9 Å². The van der Waals surface area contributed by atoms with Gasteiger partial charge in [-0.2, -0.15) is 0 Å². The molecule has 1 N–H and O–H groups in total. The highest BCUT2D eigenvalue weighted by Crippen LogP contribution is 2.29. The van der Waals surface area contributed by atoms with Crippen molar-refractivity contribution in [2.45, 2.75) is 27.2 Å². The van der Waals surface area contributed by atoms with E-state index in [4.69, 9.17) is 37.1 Å². The van der Waals surface area contributed by atoms with Crippen LogP contribution in [0.4, 0.5) is 5.88 Å². The second kappa shape index (κ2) is 10.3. The molecule has 10 heteroatoms. The van der Waals surface area contributed by atoms with Gasteiger partial charge in [0.2, 0.25) is 5.88 Å². The molecule has 0 unspecified atom stereocenters. The van der Waals surface area contributed by atoms with Crippen LogP contribution in [0.2, 0.25) is 10.0 Å². The zero-order valence-corrected chi connectivity index (χ0v) is 18.0. The summed E-state index contributed by atoms with van der Waals surface area (Å²) in [4.78, 5) is 48.3. The van der Waals surface area contributed by atoms with Crippen LogP contribution in [0.25, 0.3) is 0 Å². The number of halogens is 2. The predicted octanol–water partition coefficient (Wildman–Crippen LogP) is 4.00. The van der Waals surface area contributed by atoms with Crippen LogP contribution in [0.5, 0.6) is 0 Å². The Morgan fingerprint density at radius 3 is 2.27 bits per heavy atom. The van der Waals surface area contributed by atoms with Crippen LogP contribution < -0.4 is 5.32 Å². The summed E-state index contributed by atoms with van der Waals surface area (Å²) in [6, 6.07) is 4.78. The van der Waals surface area contributed by atoms with Crippen LogP contribution in [0.1, 0.15) is 45.9 Å². The van der Waals surface area contributed by atoms with Gasteiger partial charge in [0.05, 0.1) is 18.6 Å².